The first-order valence-electron chi connectivity index (χ1n) is 4.43. The van der Waals surface area contributed by atoms with Crippen LogP contribution >= 0.6 is 9.26 Å². The summed E-state index contributed by atoms with van der Waals surface area (Å²) in [5.41, 5.74) is 0. The molecular formula is C10H13BS. The molecule has 2 heteroatoms. The van der Waals surface area contributed by atoms with Crippen LogP contribution in [0.4, 0.5) is 0 Å². The minimum absolute atomic E-state index is 0.882. The van der Waals surface area contributed by atoms with Crippen LogP contribution in [0.3, 0.4) is 0 Å². The van der Waals surface area contributed by atoms with Gasteiger partial charge in [0, 0.05) is 0 Å². The van der Waals surface area contributed by atoms with Gasteiger partial charge in [-0.25, -0.2) is 0 Å². The van der Waals surface area contributed by atoms with Crippen LogP contribution in [0.15, 0.2) is 35.2 Å². The van der Waals surface area contributed by atoms with Gasteiger partial charge in [0.05, 0.1) is 0 Å². The van der Waals surface area contributed by atoms with Crippen LogP contribution in [-0.4, -0.2) is 18.0 Å². The van der Waals surface area contributed by atoms with E-state index in [-0.39, 0.29) is 0 Å². The Bertz CT molecular complexity index is 346. The summed E-state index contributed by atoms with van der Waals surface area (Å²) in [5, 5.41) is 0. The van der Waals surface area contributed by atoms with E-state index < -0.39 is 9.26 Å². The van der Waals surface area contributed by atoms with Crippen molar-refractivity contribution in [2.24, 2.45) is 0 Å². The molecule has 2 rings (SSSR count). The van der Waals surface area contributed by atoms with E-state index in [1.807, 2.05) is 0 Å². The van der Waals surface area contributed by atoms with E-state index in [2.05, 4.69) is 30.3 Å². The molecule has 12 heavy (non-hydrogen) atoms. The van der Waals surface area contributed by atoms with E-state index in [1.165, 1.54) is 29.2 Å². The third-order valence-electron chi connectivity index (χ3n) is 2.48. The van der Waals surface area contributed by atoms with Gasteiger partial charge in [-0.3, -0.25) is 0 Å². The maximum atomic E-state index is 6.36. The first-order valence-corrected chi connectivity index (χ1v) is 6.46. The Kier molecular flexibility index (Phi) is 2.18. The summed E-state index contributed by atoms with van der Waals surface area (Å²) < 4.78 is 0. The van der Waals surface area contributed by atoms with Crippen LogP contribution in [0.2, 0.25) is 0 Å². The molecule has 0 amide bonds. The van der Waals surface area contributed by atoms with Crippen LogP contribution in [-0.2, 0) is 0 Å². The quantitative estimate of drug-likeness (QED) is 0.533. The molecule has 0 nitrogen and oxygen atoms in total. The van der Waals surface area contributed by atoms with E-state index in [0.717, 1.165) is 0 Å². The molecule has 1 aliphatic heterocycles. The molecule has 0 aromatic heterocycles. The van der Waals surface area contributed by atoms with Crippen LogP contribution in [0.25, 0.3) is 0 Å². The van der Waals surface area contributed by atoms with Gasteiger partial charge in [0.25, 0.3) is 0 Å². The summed E-state index contributed by atoms with van der Waals surface area (Å²) in [7, 11) is -0.882. The Morgan fingerprint density at radius 3 is 2.17 bits per heavy atom. The van der Waals surface area contributed by atoms with E-state index >= 15 is 0 Å². The molecule has 0 atom stereocenters. The predicted octanol–water partition coefficient (Wildman–Crippen LogP) is 2.73. The van der Waals surface area contributed by atoms with Crippen molar-refractivity contribution in [3.63, 3.8) is 0 Å². The van der Waals surface area contributed by atoms with Crippen molar-refractivity contribution >= 4 is 15.8 Å². The average Bonchev–Trinajstić information content (AvgIpc) is 2.55. The molecule has 0 aliphatic carbocycles. The predicted molar refractivity (Wildman–Crippen MR) is 57.0 cm³/mol. The monoisotopic (exact) mass is 176 g/mol. The van der Waals surface area contributed by atoms with Crippen molar-refractivity contribution in [2.75, 3.05) is 11.5 Å². The van der Waals surface area contributed by atoms with Crippen LogP contribution in [0.1, 0.15) is 12.8 Å². The molecule has 1 saturated heterocycles. The first-order chi connectivity index (χ1) is 5.81. The van der Waals surface area contributed by atoms with E-state index in [9.17, 15) is 0 Å². The number of hydrogen-bond donors (Lipinski definition) is 0. The fourth-order valence-corrected chi connectivity index (χ4v) is 4.56. The second kappa shape index (κ2) is 3.17. The molecule has 0 N–H and O–H groups in total. The van der Waals surface area contributed by atoms with Gasteiger partial charge in [-0.2, -0.15) is 0 Å². The number of hydrogen-bond acceptors (Lipinski definition) is 0. The summed E-state index contributed by atoms with van der Waals surface area (Å²) in [4.78, 5) is 1.39. The molecule has 0 unspecified atom stereocenters. The summed E-state index contributed by atoms with van der Waals surface area (Å²) in [5.74, 6) is 2.47. The Balaban J connectivity index is 2.39. The summed E-state index contributed by atoms with van der Waals surface area (Å²) in [6.07, 6.45) is 2.64. The van der Waals surface area contributed by atoms with Crippen molar-refractivity contribution in [1.29, 1.82) is 0 Å². The second-order valence-electron chi connectivity index (χ2n) is 3.37. The second-order valence-corrected chi connectivity index (χ2v) is 6.55. The zero-order valence-corrected chi connectivity index (χ0v) is 8.02. The fraction of sp³-hybridized carbons (Fsp3) is 0.400. The SMILES string of the molecule is B#S1(c2ccccc2)CCCC1. The Hall–Kier alpha value is -0.365. The van der Waals surface area contributed by atoms with Gasteiger partial charge in [0.15, 0.2) is 0 Å². The van der Waals surface area contributed by atoms with Crippen molar-refractivity contribution < 1.29 is 0 Å². The van der Waals surface area contributed by atoms with Crippen LogP contribution in [0, 0.1) is 0 Å². The molecule has 0 spiro atoms. The van der Waals surface area contributed by atoms with Gasteiger partial charge in [-0.1, -0.05) is 0 Å². The van der Waals surface area contributed by atoms with Crippen LogP contribution < -0.4 is 0 Å². The van der Waals surface area contributed by atoms with Crippen molar-refractivity contribution in [3.8, 4) is 0 Å². The molecule has 0 saturated carbocycles. The fourth-order valence-electron chi connectivity index (χ4n) is 1.75. The summed E-state index contributed by atoms with van der Waals surface area (Å²) in [6.45, 7) is 6.36. The molecule has 1 aromatic carbocycles. The van der Waals surface area contributed by atoms with Gasteiger partial charge in [-0.15, -0.1) is 0 Å². The van der Waals surface area contributed by atoms with E-state index in [1.54, 1.807) is 0 Å². The molecule has 1 fully saturated rings. The number of rotatable bonds is 0. The Morgan fingerprint density at radius 1 is 1.00 bits per heavy atom. The third kappa shape index (κ3) is 1.40. The van der Waals surface area contributed by atoms with Gasteiger partial charge in [0.2, 0.25) is 0 Å². The van der Waals surface area contributed by atoms with Gasteiger partial charge in [-0.05, 0) is 0 Å². The van der Waals surface area contributed by atoms with E-state index in [0.29, 0.717) is 0 Å². The summed E-state index contributed by atoms with van der Waals surface area (Å²) in [6, 6.07) is 10.6. The van der Waals surface area contributed by atoms with Crippen molar-refractivity contribution in [1.82, 2.24) is 0 Å². The molecule has 0 bridgehead atoms. The van der Waals surface area contributed by atoms with E-state index in [4.69, 9.17) is 6.53 Å². The average molecular weight is 176 g/mol. The van der Waals surface area contributed by atoms with Crippen LogP contribution in [0.5, 0.6) is 0 Å². The third-order valence-corrected chi connectivity index (χ3v) is 5.73. The minimum atomic E-state index is -0.882. The Morgan fingerprint density at radius 2 is 1.58 bits per heavy atom. The maximum absolute atomic E-state index is 6.36. The van der Waals surface area contributed by atoms with Gasteiger partial charge in [0.1, 0.15) is 0 Å². The normalized spacial score (nSPS) is 21.2. The van der Waals surface area contributed by atoms with Crippen molar-refractivity contribution in [2.45, 2.75) is 17.7 Å². The zero-order valence-electron chi connectivity index (χ0n) is 7.20. The number of benzene rings is 1. The molecule has 1 aromatic rings. The standard InChI is InChI=1S/C10H13BS/c11-12(8-4-5-9-12)10-6-2-1-3-7-10/h1-3,6-7H,4-5,8-9H2. The molecule has 1 heterocycles. The Labute approximate surface area is 75.8 Å². The zero-order chi connectivity index (χ0) is 8.44. The van der Waals surface area contributed by atoms with Gasteiger partial charge < -0.3 is 0 Å². The first kappa shape index (κ1) is 8.24. The topological polar surface area (TPSA) is 0 Å². The van der Waals surface area contributed by atoms with Crippen molar-refractivity contribution in [3.05, 3.63) is 30.3 Å². The molecular weight excluding hydrogens is 163 g/mol. The summed E-state index contributed by atoms with van der Waals surface area (Å²) >= 11 is 0. The molecule has 1 aliphatic rings. The molecule has 0 radical (unpaired) electrons. The molecule has 62 valence electrons. The van der Waals surface area contributed by atoms with Gasteiger partial charge >= 0.3 is 75.4 Å².